The van der Waals surface area contributed by atoms with Crippen LogP contribution in [0.4, 0.5) is 0 Å². The SMILES string of the molecule is CCCCCCC(=O)NCC1(C)CCCNC1. The highest BCUT2D eigenvalue weighted by Crippen LogP contribution is 2.24. The minimum atomic E-state index is 0.230. The second-order valence-electron chi connectivity index (χ2n) is 5.68. The standard InChI is InChI=1S/C14H28N2O/c1-3-4-5-6-8-13(17)16-12-14(2)9-7-10-15-11-14/h15H,3-12H2,1-2H3,(H,16,17). The molecule has 1 rings (SSSR count). The molecule has 0 aromatic carbocycles. The van der Waals surface area contributed by atoms with Crippen LogP contribution in [0.15, 0.2) is 0 Å². The van der Waals surface area contributed by atoms with E-state index in [9.17, 15) is 4.79 Å². The molecule has 0 bridgehead atoms. The molecule has 0 aromatic heterocycles. The number of hydrogen-bond acceptors (Lipinski definition) is 2. The van der Waals surface area contributed by atoms with Crippen molar-refractivity contribution in [3.63, 3.8) is 0 Å². The van der Waals surface area contributed by atoms with Gasteiger partial charge < -0.3 is 10.6 Å². The predicted molar refractivity (Wildman–Crippen MR) is 72.0 cm³/mol. The molecule has 1 heterocycles. The molecule has 1 aliphatic heterocycles. The first-order valence-corrected chi connectivity index (χ1v) is 7.14. The molecule has 3 nitrogen and oxygen atoms in total. The molecule has 100 valence electrons. The van der Waals surface area contributed by atoms with Gasteiger partial charge in [-0.2, -0.15) is 0 Å². The van der Waals surface area contributed by atoms with Gasteiger partial charge in [0.25, 0.3) is 0 Å². The van der Waals surface area contributed by atoms with E-state index in [1.54, 1.807) is 0 Å². The first-order chi connectivity index (χ1) is 8.16. The van der Waals surface area contributed by atoms with Crippen LogP contribution in [-0.2, 0) is 4.79 Å². The van der Waals surface area contributed by atoms with Crippen LogP contribution in [0.5, 0.6) is 0 Å². The largest absolute Gasteiger partial charge is 0.356 e. The van der Waals surface area contributed by atoms with E-state index < -0.39 is 0 Å². The van der Waals surface area contributed by atoms with E-state index >= 15 is 0 Å². The summed E-state index contributed by atoms with van der Waals surface area (Å²) < 4.78 is 0. The average molecular weight is 240 g/mol. The van der Waals surface area contributed by atoms with Gasteiger partial charge in [-0.3, -0.25) is 4.79 Å². The average Bonchev–Trinajstić information content (AvgIpc) is 2.33. The van der Waals surface area contributed by atoms with E-state index in [1.165, 1.54) is 32.1 Å². The topological polar surface area (TPSA) is 41.1 Å². The number of carbonyl (C=O) groups is 1. The van der Waals surface area contributed by atoms with Gasteiger partial charge in [-0.1, -0.05) is 33.1 Å². The fourth-order valence-corrected chi connectivity index (χ4v) is 2.38. The minimum absolute atomic E-state index is 0.230. The van der Waals surface area contributed by atoms with Crippen molar-refractivity contribution < 1.29 is 4.79 Å². The Morgan fingerprint density at radius 3 is 2.82 bits per heavy atom. The normalized spacial score (nSPS) is 24.6. The van der Waals surface area contributed by atoms with Crippen LogP contribution in [0.1, 0.15) is 58.8 Å². The summed E-state index contributed by atoms with van der Waals surface area (Å²) in [5.41, 5.74) is 0.261. The van der Waals surface area contributed by atoms with Crippen molar-refractivity contribution in [2.75, 3.05) is 19.6 Å². The minimum Gasteiger partial charge on any atom is -0.356 e. The first-order valence-electron chi connectivity index (χ1n) is 7.14. The van der Waals surface area contributed by atoms with Gasteiger partial charge in [0.1, 0.15) is 0 Å². The molecule has 0 radical (unpaired) electrons. The molecule has 1 amide bonds. The molecule has 1 fully saturated rings. The number of amides is 1. The highest BCUT2D eigenvalue weighted by atomic mass is 16.1. The second-order valence-corrected chi connectivity index (χ2v) is 5.68. The van der Waals surface area contributed by atoms with E-state index in [-0.39, 0.29) is 11.3 Å². The molecule has 0 aromatic rings. The summed E-state index contributed by atoms with van der Waals surface area (Å²) >= 11 is 0. The third-order valence-electron chi connectivity index (χ3n) is 3.66. The number of unbranched alkanes of at least 4 members (excludes halogenated alkanes) is 3. The van der Waals surface area contributed by atoms with Crippen molar-refractivity contribution in [2.24, 2.45) is 5.41 Å². The van der Waals surface area contributed by atoms with Gasteiger partial charge in [-0.05, 0) is 31.2 Å². The second kappa shape index (κ2) is 7.70. The van der Waals surface area contributed by atoms with Gasteiger partial charge in [0.15, 0.2) is 0 Å². The molecule has 0 aliphatic carbocycles. The van der Waals surface area contributed by atoms with Crippen molar-refractivity contribution in [1.29, 1.82) is 0 Å². The van der Waals surface area contributed by atoms with E-state index in [0.717, 1.165) is 26.1 Å². The molecule has 0 saturated carbocycles. The van der Waals surface area contributed by atoms with Gasteiger partial charge in [-0.15, -0.1) is 0 Å². The van der Waals surface area contributed by atoms with Gasteiger partial charge in [0.05, 0.1) is 0 Å². The summed E-state index contributed by atoms with van der Waals surface area (Å²) in [6.07, 6.45) is 7.83. The van der Waals surface area contributed by atoms with Gasteiger partial charge in [-0.25, -0.2) is 0 Å². The van der Waals surface area contributed by atoms with E-state index in [1.807, 2.05) is 0 Å². The number of nitrogens with one attached hydrogen (secondary N) is 2. The molecule has 3 heteroatoms. The molecule has 17 heavy (non-hydrogen) atoms. The zero-order valence-corrected chi connectivity index (χ0v) is 11.5. The molecule has 0 spiro atoms. The summed E-state index contributed by atoms with van der Waals surface area (Å²) in [7, 11) is 0. The number of rotatable bonds is 7. The van der Waals surface area contributed by atoms with E-state index in [4.69, 9.17) is 0 Å². The van der Waals surface area contributed by atoms with E-state index in [0.29, 0.717) is 6.42 Å². The Morgan fingerprint density at radius 1 is 1.35 bits per heavy atom. The monoisotopic (exact) mass is 240 g/mol. The van der Waals surface area contributed by atoms with Crippen LogP contribution in [0.25, 0.3) is 0 Å². The third kappa shape index (κ3) is 6.06. The summed E-state index contributed by atoms with van der Waals surface area (Å²) in [4.78, 5) is 11.7. The fraction of sp³-hybridized carbons (Fsp3) is 0.929. The van der Waals surface area contributed by atoms with Crippen molar-refractivity contribution in [1.82, 2.24) is 10.6 Å². The quantitative estimate of drug-likeness (QED) is 0.671. The lowest BCUT2D eigenvalue weighted by molar-refractivity contribution is -0.121. The zero-order chi connectivity index (χ0) is 12.6. The van der Waals surface area contributed by atoms with Crippen LogP contribution in [0, 0.1) is 5.41 Å². The Bertz CT molecular complexity index is 222. The Hall–Kier alpha value is -0.570. The van der Waals surface area contributed by atoms with Crippen molar-refractivity contribution >= 4 is 5.91 Å². The van der Waals surface area contributed by atoms with Gasteiger partial charge in [0.2, 0.25) is 5.91 Å². The van der Waals surface area contributed by atoms with Gasteiger partial charge in [0, 0.05) is 19.5 Å². The van der Waals surface area contributed by atoms with Crippen LogP contribution < -0.4 is 10.6 Å². The number of piperidine rings is 1. The van der Waals surface area contributed by atoms with Crippen molar-refractivity contribution in [3.05, 3.63) is 0 Å². The molecule has 1 aliphatic rings. The summed E-state index contributed by atoms with van der Waals surface area (Å²) in [5.74, 6) is 0.230. The van der Waals surface area contributed by atoms with Crippen LogP contribution in [-0.4, -0.2) is 25.5 Å². The Balaban J connectivity index is 2.10. The lowest BCUT2D eigenvalue weighted by atomic mass is 9.83. The Kier molecular flexibility index (Phi) is 6.56. The van der Waals surface area contributed by atoms with Crippen LogP contribution in [0.3, 0.4) is 0 Å². The number of carbonyl (C=O) groups excluding carboxylic acids is 1. The fourth-order valence-electron chi connectivity index (χ4n) is 2.38. The maximum Gasteiger partial charge on any atom is 0.220 e. The van der Waals surface area contributed by atoms with Crippen LogP contribution in [0.2, 0.25) is 0 Å². The smallest absolute Gasteiger partial charge is 0.220 e. The molecule has 1 saturated heterocycles. The number of hydrogen-bond donors (Lipinski definition) is 2. The lowest BCUT2D eigenvalue weighted by Crippen LogP contribution is -2.45. The summed E-state index contributed by atoms with van der Waals surface area (Å²) in [6.45, 7) is 7.43. The van der Waals surface area contributed by atoms with E-state index in [2.05, 4.69) is 24.5 Å². The van der Waals surface area contributed by atoms with Crippen LogP contribution >= 0.6 is 0 Å². The summed E-state index contributed by atoms with van der Waals surface area (Å²) in [5, 5.41) is 6.50. The highest BCUT2D eigenvalue weighted by molar-refractivity contribution is 5.75. The molecule has 2 N–H and O–H groups in total. The molecular weight excluding hydrogens is 212 g/mol. The molecule has 1 atom stereocenters. The first kappa shape index (κ1) is 14.5. The summed E-state index contributed by atoms with van der Waals surface area (Å²) in [6, 6.07) is 0. The Labute approximate surface area is 106 Å². The predicted octanol–water partition coefficient (Wildman–Crippen LogP) is 2.46. The highest BCUT2D eigenvalue weighted by Gasteiger charge is 2.26. The zero-order valence-electron chi connectivity index (χ0n) is 11.5. The maximum absolute atomic E-state index is 11.7. The maximum atomic E-state index is 11.7. The van der Waals surface area contributed by atoms with Crippen molar-refractivity contribution in [2.45, 2.75) is 58.8 Å². The molecular formula is C14H28N2O. The molecule has 1 unspecified atom stereocenters. The Morgan fingerprint density at radius 2 is 2.18 bits per heavy atom. The third-order valence-corrected chi connectivity index (χ3v) is 3.66. The van der Waals surface area contributed by atoms with Gasteiger partial charge >= 0.3 is 0 Å². The van der Waals surface area contributed by atoms with Crippen molar-refractivity contribution in [3.8, 4) is 0 Å². The lowest BCUT2D eigenvalue weighted by Gasteiger charge is -2.34.